The zero-order chi connectivity index (χ0) is 10.8. The van der Waals surface area contributed by atoms with E-state index in [4.69, 9.17) is 4.74 Å². The van der Waals surface area contributed by atoms with E-state index >= 15 is 0 Å². The van der Waals surface area contributed by atoms with Gasteiger partial charge in [-0.25, -0.2) is 8.42 Å². The van der Waals surface area contributed by atoms with Crippen LogP contribution >= 0.6 is 0 Å². The molecular weight excluding hydrogens is 204 g/mol. The van der Waals surface area contributed by atoms with E-state index in [0.717, 1.165) is 13.1 Å². The average Bonchev–Trinajstić information content (AvgIpc) is 2.01. The Balaban J connectivity index is 2.62. The van der Waals surface area contributed by atoms with Gasteiger partial charge in [-0.15, -0.1) is 0 Å². The Labute approximate surface area is 85.5 Å². The van der Waals surface area contributed by atoms with E-state index in [2.05, 4.69) is 5.32 Å². The third-order valence-corrected chi connectivity index (χ3v) is 4.84. The second-order valence-corrected chi connectivity index (χ2v) is 6.05. The Morgan fingerprint density at radius 2 is 2.14 bits per heavy atom. The number of ether oxygens (including phenoxy) is 1. The van der Waals surface area contributed by atoms with E-state index in [1.165, 1.54) is 11.4 Å². The first-order valence-corrected chi connectivity index (χ1v) is 6.17. The van der Waals surface area contributed by atoms with Crippen molar-refractivity contribution in [2.45, 2.75) is 18.2 Å². The van der Waals surface area contributed by atoms with Crippen molar-refractivity contribution in [3.8, 4) is 0 Å². The van der Waals surface area contributed by atoms with Crippen molar-refractivity contribution in [2.24, 2.45) is 0 Å². The van der Waals surface area contributed by atoms with Crippen LogP contribution < -0.4 is 5.32 Å². The van der Waals surface area contributed by atoms with Crippen molar-refractivity contribution in [1.29, 1.82) is 0 Å². The van der Waals surface area contributed by atoms with E-state index in [-0.39, 0.29) is 12.6 Å². The number of likely N-dealkylation sites (N-methyl/N-ethyl adjacent to an activating group) is 1. The van der Waals surface area contributed by atoms with Gasteiger partial charge in [-0.3, -0.25) is 0 Å². The minimum atomic E-state index is -3.19. The molecule has 6 heteroatoms. The summed E-state index contributed by atoms with van der Waals surface area (Å²) in [5, 5.41) is 2.57. The van der Waals surface area contributed by atoms with Gasteiger partial charge in [-0.2, -0.15) is 4.31 Å². The lowest BCUT2D eigenvalue weighted by Crippen LogP contribution is -2.58. The molecule has 1 atom stereocenters. The molecule has 0 aromatic rings. The summed E-state index contributed by atoms with van der Waals surface area (Å²) in [4.78, 5) is 0. The highest BCUT2D eigenvalue weighted by Crippen LogP contribution is 2.13. The molecule has 0 aromatic heterocycles. The molecule has 0 spiro atoms. The van der Waals surface area contributed by atoms with Gasteiger partial charge >= 0.3 is 0 Å². The fraction of sp³-hybridized carbons (Fsp3) is 1.00. The Kier molecular flexibility index (Phi) is 3.88. The molecule has 0 bridgehead atoms. The van der Waals surface area contributed by atoms with Crippen LogP contribution in [0, 0.1) is 0 Å². The Bertz CT molecular complexity index is 274. The molecular formula is C8H18N2O3S. The summed E-state index contributed by atoms with van der Waals surface area (Å²) in [5.74, 6) is 0. The molecule has 5 nitrogen and oxygen atoms in total. The molecule has 1 aliphatic heterocycles. The molecule has 1 heterocycles. The summed E-state index contributed by atoms with van der Waals surface area (Å²) >= 11 is 0. The summed E-state index contributed by atoms with van der Waals surface area (Å²) in [6.45, 7) is 3.40. The lowest BCUT2D eigenvalue weighted by atomic mass is 10.2. The second-order valence-electron chi connectivity index (χ2n) is 3.64. The van der Waals surface area contributed by atoms with Gasteiger partial charge in [-0.05, 0) is 6.92 Å². The molecule has 0 radical (unpaired) electrons. The van der Waals surface area contributed by atoms with Crippen molar-refractivity contribution in [1.82, 2.24) is 9.62 Å². The molecule has 84 valence electrons. The largest absolute Gasteiger partial charge is 0.383 e. The van der Waals surface area contributed by atoms with Crippen LogP contribution in [0.1, 0.15) is 6.92 Å². The summed E-state index contributed by atoms with van der Waals surface area (Å²) in [6, 6.07) is 0.110. The van der Waals surface area contributed by atoms with Gasteiger partial charge in [0.1, 0.15) is 0 Å². The number of hydrogen-bond donors (Lipinski definition) is 1. The van der Waals surface area contributed by atoms with Gasteiger partial charge < -0.3 is 10.1 Å². The molecule has 1 unspecified atom stereocenters. The maximum Gasteiger partial charge on any atom is 0.219 e. The van der Waals surface area contributed by atoms with Gasteiger partial charge in [-0.1, -0.05) is 0 Å². The van der Waals surface area contributed by atoms with E-state index in [9.17, 15) is 8.42 Å². The van der Waals surface area contributed by atoms with Crippen molar-refractivity contribution in [3.05, 3.63) is 0 Å². The maximum atomic E-state index is 11.9. The summed E-state index contributed by atoms with van der Waals surface area (Å²) < 4.78 is 30.0. The van der Waals surface area contributed by atoms with Crippen LogP contribution in [0.15, 0.2) is 0 Å². The smallest absolute Gasteiger partial charge is 0.219 e. The van der Waals surface area contributed by atoms with E-state index < -0.39 is 15.3 Å². The monoisotopic (exact) mass is 222 g/mol. The number of sulfonamides is 1. The lowest BCUT2D eigenvalue weighted by molar-refractivity contribution is 0.195. The molecule has 1 fully saturated rings. The van der Waals surface area contributed by atoms with Crippen molar-refractivity contribution in [2.75, 3.05) is 33.9 Å². The molecule has 1 saturated heterocycles. The fourth-order valence-electron chi connectivity index (χ4n) is 1.34. The number of hydrogen-bond acceptors (Lipinski definition) is 4. The van der Waals surface area contributed by atoms with Crippen molar-refractivity contribution in [3.63, 3.8) is 0 Å². The summed E-state index contributed by atoms with van der Waals surface area (Å²) in [7, 11) is -0.0501. The number of nitrogens with zero attached hydrogens (tertiary/aromatic N) is 1. The zero-order valence-corrected chi connectivity index (χ0v) is 9.67. The number of methoxy groups -OCH3 is 1. The molecule has 0 amide bonds. The Morgan fingerprint density at radius 1 is 1.57 bits per heavy atom. The Morgan fingerprint density at radius 3 is 2.50 bits per heavy atom. The topological polar surface area (TPSA) is 58.6 Å². The van der Waals surface area contributed by atoms with Gasteiger partial charge in [0.05, 0.1) is 11.9 Å². The predicted molar refractivity (Wildman–Crippen MR) is 54.7 cm³/mol. The normalized spacial score (nSPS) is 20.9. The molecule has 0 aromatic carbocycles. The Hall–Kier alpha value is -0.170. The van der Waals surface area contributed by atoms with E-state index in [1.807, 2.05) is 0 Å². The van der Waals surface area contributed by atoms with Crippen molar-refractivity contribution < 1.29 is 13.2 Å². The summed E-state index contributed by atoms with van der Waals surface area (Å²) in [6.07, 6.45) is 0. The molecule has 1 aliphatic rings. The number of rotatable bonds is 5. The summed E-state index contributed by atoms with van der Waals surface area (Å²) in [5.41, 5.74) is 0. The quantitative estimate of drug-likeness (QED) is 0.665. The molecule has 1 rings (SSSR count). The number of nitrogens with one attached hydrogen (secondary N) is 1. The third kappa shape index (κ3) is 2.25. The van der Waals surface area contributed by atoms with Crippen LogP contribution in [0.2, 0.25) is 0 Å². The molecule has 0 saturated carbocycles. The van der Waals surface area contributed by atoms with Crippen LogP contribution in [0.3, 0.4) is 0 Å². The van der Waals surface area contributed by atoms with Gasteiger partial charge in [0, 0.05) is 33.3 Å². The first-order valence-electron chi connectivity index (χ1n) is 4.66. The van der Waals surface area contributed by atoms with E-state index in [1.54, 1.807) is 14.0 Å². The highest BCUT2D eigenvalue weighted by molar-refractivity contribution is 7.89. The predicted octanol–water partition coefficient (Wildman–Crippen LogP) is -0.745. The minimum Gasteiger partial charge on any atom is -0.383 e. The van der Waals surface area contributed by atoms with Crippen LogP contribution in [-0.2, 0) is 14.8 Å². The molecule has 0 aliphatic carbocycles. The first kappa shape index (κ1) is 11.9. The van der Waals surface area contributed by atoms with Crippen LogP contribution in [-0.4, -0.2) is 57.9 Å². The first-order chi connectivity index (χ1) is 6.50. The van der Waals surface area contributed by atoms with Crippen LogP contribution in [0.4, 0.5) is 0 Å². The molecule has 14 heavy (non-hydrogen) atoms. The zero-order valence-electron chi connectivity index (χ0n) is 8.86. The lowest BCUT2D eigenvalue weighted by Gasteiger charge is -2.36. The highest BCUT2D eigenvalue weighted by atomic mass is 32.2. The standard InChI is InChI=1S/C8H18N2O3S/c1-7(6-13-3)14(11,12)10(2)8-4-9-5-8/h7-9H,4-6H2,1-3H3. The average molecular weight is 222 g/mol. The van der Waals surface area contributed by atoms with Crippen molar-refractivity contribution >= 4 is 10.0 Å². The maximum absolute atomic E-state index is 11.9. The second kappa shape index (κ2) is 4.57. The minimum absolute atomic E-state index is 0.110. The SMILES string of the molecule is COCC(C)S(=O)(=O)N(C)C1CNC1. The van der Waals surface area contributed by atoms with E-state index in [0.29, 0.717) is 0 Å². The fourth-order valence-corrected chi connectivity index (χ4v) is 2.78. The third-order valence-electron chi connectivity index (χ3n) is 2.59. The van der Waals surface area contributed by atoms with Gasteiger partial charge in [0.15, 0.2) is 0 Å². The van der Waals surface area contributed by atoms with Gasteiger partial charge in [0.25, 0.3) is 0 Å². The highest BCUT2D eigenvalue weighted by Gasteiger charge is 2.33. The van der Waals surface area contributed by atoms with Crippen LogP contribution in [0.25, 0.3) is 0 Å². The van der Waals surface area contributed by atoms with Gasteiger partial charge in [0.2, 0.25) is 10.0 Å². The van der Waals surface area contributed by atoms with Crippen LogP contribution in [0.5, 0.6) is 0 Å². The molecule has 1 N–H and O–H groups in total.